The Bertz CT molecular complexity index is 2660. The second-order valence-corrected chi connectivity index (χ2v) is 17.7. The van der Waals surface area contributed by atoms with Crippen molar-refractivity contribution in [2.24, 2.45) is 19.8 Å². The molecule has 0 bridgehead atoms. The highest BCUT2D eigenvalue weighted by molar-refractivity contribution is 6.06. The zero-order valence-electron chi connectivity index (χ0n) is 41.4. The van der Waals surface area contributed by atoms with Gasteiger partial charge in [0.2, 0.25) is 11.7 Å². The fraction of sp³-hybridized carbons (Fsp3) is 0.431. The molecule has 6 N–H and O–H groups in total. The van der Waals surface area contributed by atoms with Crippen LogP contribution in [0.1, 0.15) is 82.8 Å². The number of alkyl carbamates (subject to hydrolysis) is 1. The summed E-state index contributed by atoms with van der Waals surface area (Å²) in [4.78, 5) is 86.6. The summed E-state index contributed by atoms with van der Waals surface area (Å²) >= 11 is 0. The zero-order chi connectivity index (χ0) is 52.0. The number of aryl methyl sites for hydroxylation is 2. The van der Waals surface area contributed by atoms with E-state index in [1.807, 2.05) is 18.3 Å². The molecule has 22 heteroatoms. The van der Waals surface area contributed by atoms with Crippen molar-refractivity contribution in [2.45, 2.75) is 69.9 Å². The van der Waals surface area contributed by atoms with Crippen LogP contribution in [0.25, 0.3) is 11.1 Å². The molecule has 2 fully saturated rings. The molecule has 0 saturated carbocycles. The molecule has 2 aromatic heterocycles. The van der Waals surface area contributed by atoms with Crippen molar-refractivity contribution in [1.82, 2.24) is 29.7 Å². The minimum absolute atomic E-state index is 0.0227. The Balaban J connectivity index is 0.922. The van der Waals surface area contributed by atoms with Gasteiger partial charge >= 0.3 is 12.2 Å². The van der Waals surface area contributed by atoms with Crippen LogP contribution in [0.3, 0.4) is 0 Å². The molecule has 3 aliphatic heterocycles. The number of imidazole rings is 1. The van der Waals surface area contributed by atoms with E-state index in [4.69, 9.17) is 34.2 Å². The van der Waals surface area contributed by atoms with Gasteiger partial charge in [0, 0.05) is 76.5 Å². The summed E-state index contributed by atoms with van der Waals surface area (Å²) in [6, 6.07) is 11.3. The van der Waals surface area contributed by atoms with Crippen LogP contribution < -0.4 is 41.4 Å². The number of anilines is 3. The molecule has 4 aromatic rings. The van der Waals surface area contributed by atoms with Crippen LogP contribution in [0.2, 0.25) is 0 Å². The van der Waals surface area contributed by atoms with Gasteiger partial charge in [0.25, 0.3) is 17.7 Å². The highest BCUT2D eigenvalue weighted by Gasteiger charge is 2.48. The van der Waals surface area contributed by atoms with Gasteiger partial charge in [0.15, 0.2) is 29.8 Å². The lowest BCUT2D eigenvalue weighted by Gasteiger charge is -2.38. The van der Waals surface area contributed by atoms with Gasteiger partial charge in [0.05, 0.1) is 37.6 Å². The first-order valence-electron chi connectivity index (χ1n) is 24.2. The minimum Gasteiger partial charge on any atom is -0.493 e. The van der Waals surface area contributed by atoms with Gasteiger partial charge in [-0.3, -0.25) is 19.2 Å². The number of fused-ring (bicyclic) bond motifs is 2. The largest absolute Gasteiger partial charge is 0.493 e. The molecule has 3 aliphatic rings. The van der Waals surface area contributed by atoms with Crippen LogP contribution in [0.15, 0.2) is 79.7 Å². The van der Waals surface area contributed by atoms with E-state index in [1.54, 1.807) is 47.8 Å². The fourth-order valence-electron chi connectivity index (χ4n) is 8.60. The SMILES string of the molecule is C=CCOC(=O)N1c2cc(OCCCC(=O)Nc3cn(C)c(C(=O)Nc4ccc(-c5cc(C(=O)NCCCOC(=O)NCCCN)n(C)c5)cc4)n3)c(OC)cc2C(=O)N2CC(=C)C[C@H]2C1OC1CCCCO1. The van der Waals surface area contributed by atoms with E-state index in [0.29, 0.717) is 63.3 Å². The lowest BCUT2D eigenvalue weighted by molar-refractivity contribution is -0.195. The molecule has 2 unspecified atom stereocenters. The number of hydrogen-bond donors (Lipinski definition) is 5. The normalized spacial score (nSPS) is 17.2. The highest BCUT2D eigenvalue weighted by atomic mass is 16.7. The summed E-state index contributed by atoms with van der Waals surface area (Å²) < 4.78 is 38.2. The van der Waals surface area contributed by atoms with Crippen LogP contribution >= 0.6 is 0 Å². The predicted octanol–water partition coefficient (Wildman–Crippen LogP) is 5.46. The number of nitrogens with one attached hydrogen (secondary N) is 4. The maximum absolute atomic E-state index is 14.2. The molecule has 5 heterocycles. The molecular weight excluding hydrogens is 945 g/mol. The Morgan fingerprint density at radius 3 is 2.44 bits per heavy atom. The molecule has 6 amide bonds. The lowest BCUT2D eigenvalue weighted by Crippen LogP contribution is -2.54. The fourth-order valence-corrected chi connectivity index (χ4v) is 8.60. The standard InChI is InChI=1S/C51H64N10O12/c1-6-21-72-51(67)61-37-28-41(40(68-5)27-36(37)48(65)60-29-32(2)25-39(60)49(61)73-44-13-7-8-22-70-44)69-23-9-12-43(62)56-42-31-59(4)45(57-42)47(64)55-35-16-14-33(15-17-35)34-26-38(58(3)30-34)46(63)53-20-11-24-71-50(66)54-19-10-18-52/h6,14-17,26-28,30-31,39,44,49H,1-2,7-13,18-25,29,52H2,3-5H3,(H,53,63)(H,54,66)(H,55,64)(H,56,62)/t39-,44?,49?/m0/s1. The molecule has 0 radical (unpaired) electrons. The molecule has 22 nitrogen and oxygen atoms in total. The van der Waals surface area contributed by atoms with Crippen LogP contribution in [0.4, 0.5) is 26.8 Å². The second kappa shape index (κ2) is 25.1. The highest BCUT2D eigenvalue weighted by Crippen LogP contribution is 2.43. The topological polar surface area (TPSA) is 261 Å². The molecule has 0 aliphatic carbocycles. The maximum atomic E-state index is 14.2. The first-order valence-corrected chi connectivity index (χ1v) is 24.2. The van der Waals surface area contributed by atoms with Gasteiger partial charge in [-0.2, -0.15) is 0 Å². The number of benzene rings is 2. The molecular formula is C51H64N10O12. The Labute approximate surface area is 423 Å². The van der Waals surface area contributed by atoms with Gasteiger partial charge in [-0.05, 0) is 81.3 Å². The van der Waals surface area contributed by atoms with Gasteiger partial charge in [-0.25, -0.2) is 19.5 Å². The number of carbonyl (C=O) groups is 6. The number of amides is 6. The molecule has 3 atom stereocenters. The Kier molecular flexibility index (Phi) is 18.3. The molecule has 73 heavy (non-hydrogen) atoms. The minimum atomic E-state index is -0.988. The third-order valence-corrected chi connectivity index (χ3v) is 12.2. The number of ether oxygens (including phenoxy) is 6. The summed E-state index contributed by atoms with van der Waals surface area (Å²) in [5.74, 6) is -0.813. The van der Waals surface area contributed by atoms with Crippen molar-refractivity contribution < 1.29 is 57.2 Å². The van der Waals surface area contributed by atoms with Crippen LogP contribution in [0, 0.1) is 0 Å². The summed E-state index contributed by atoms with van der Waals surface area (Å²) in [5, 5.41) is 11.0. The monoisotopic (exact) mass is 1010 g/mol. The third-order valence-electron chi connectivity index (χ3n) is 12.2. The van der Waals surface area contributed by atoms with Crippen LogP contribution in [-0.4, -0.2) is 133 Å². The summed E-state index contributed by atoms with van der Waals surface area (Å²) in [6.07, 6.45) is 6.08. The number of aromatic nitrogens is 3. The smallest absolute Gasteiger partial charge is 0.416 e. The quantitative estimate of drug-likeness (QED) is 0.0484. The Morgan fingerprint density at radius 2 is 1.70 bits per heavy atom. The van der Waals surface area contributed by atoms with Crippen molar-refractivity contribution in [3.63, 3.8) is 0 Å². The Hall–Kier alpha value is -7.69. The van der Waals surface area contributed by atoms with E-state index in [-0.39, 0.29) is 91.3 Å². The van der Waals surface area contributed by atoms with E-state index in [0.717, 1.165) is 29.5 Å². The molecule has 2 aromatic carbocycles. The molecule has 390 valence electrons. The average molecular weight is 1010 g/mol. The van der Waals surface area contributed by atoms with E-state index in [2.05, 4.69) is 39.4 Å². The lowest BCUT2D eigenvalue weighted by atomic mass is 10.1. The molecule has 7 rings (SSSR count). The van der Waals surface area contributed by atoms with Crippen molar-refractivity contribution >= 4 is 53.0 Å². The van der Waals surface area contributed by atoms with E-state index in [9.17, 15) is 28.8 Å². The van der Waals surface area contributed by atoms with Crippen molar-refractivity contribution in [2.75, 3.05) is 75.2 Å². The van der Waals surface area contributed by atoms with E-state index in [1.165, 1.54) is 34.9 Å². The summed E-state index contributed by atoms with van der Waals surface area (Å²) in [7, 11) is 4.84. The van der Waals surface area contributed by atoms with Crippen molar-refractivity contribution in [1.29, 1.82) is 0 Å². The number of nitrogens with zero attached hydrogens (tertiary/aromatic N) is 5. The molecule has 0 spiro atoms. The number of rotatable bonds is 22. The third kappa shape index (κ3) is 13.4. The maximum Gasteiger partial charge on any atom is 0.416 e. The van der Waals surface area contributed by atoms with Crippen LogP contribution in [0.5, 0.6) is 11.5 Å². The van der Waals surface area contributed by atoms with Gasteiger partial charge < -0.3 is 69.5 Å². The van der Waals surface area contributed by atoms with E-state index >= 15 is 0 Å². The number of nitrogens with two attached hydrogens (primary N) is 1. The predicted molar refractivity (Wildman–Crippen MR) is 269 cm³/mol. The van der Waals surface area contributed by atoms with Gasteiger partial charge in [-0.1, -0.05) is 36.9 Å². The summed E-state index contributed by atoms with van der Waals surface area (Å²) in [6.45, 7) is 9.94. The molecule has 2 saturated heterocycles. The van der Waals surface area contributed by atoms with Crippen molar-refractivity contribution in [3.8, 4) is 22.6 Å². The number of carbonyl (C=O) groups excluding carboxylic acids is 6. The van der Waals surface area contributed by atoms with Crippen LogP contribution in [-0.2, 0) is 37.8 Å². The number of methoxy groups -OCH3 is 1. The second-order valence-electron chi connectivity index (χ2n) is 17.7. The van der Waals surface area contributed by atoms with E-state index < -0.39 is 36.7 Å². The Morgan fingerprint density at radius 1 is 0.904 bits per heavy atom. The number of hydrogen-bond acceptors (Lipinski definition) is 14. The van der Waals surface area contributed by atoms with Crippen molar-refractivity contribution in [3.05, 3.63) is 96.7 Å². The van der Waals surface area contributed by atoms with Gasteiger partial charge in [-0.15, -0.1) is 0 Å². The first kappa shape index (κ1) is 53.1. The average Bonchev–Trinajstić information content (AvgIpc) is 4.08. The zero-order valence-corrected chi connectivity index (χ0v) is 41.4. The first-order chi connectivity index (χ1) is 35.3. The summed E-state index contributed by atoms with van der Waals surface area (Å²) in [5.41, 5.74) is 9.15. The van der Waals surface area contributed by atoms with Gasteiger partial charge in [0.1, 0.15) is 12.3 Å².